The van der Waals surface area contributed by atoms with Crippen LogP contribution in [0.5, 0.6) is 0 Å². The number of rotatable bonds is 7. The van der Waals surface area contributed by atoms with Crippen LogP contribution < -0.4 is 10.6 Å². The molecule has 2 aliphatic carbocycles. The second-order valence-corrected chi connectivity index (χ2v) is 9.10. The summed E-state index contributed by atoms with van der Waals surface area (Å²) < 4.78 is 8.06. The molecule has 2 saturated carbocycles. The van der Waals surface area contributed by atoms with Gasteiger partial charge in [0.15, 0.2) is 11.8 Å². The third kappa shape index (κ3) is 4.03. The van der Waals surface area contributed by atoms with Gasteiger partial charge in [0.25, 0.3) is 0 Å². The topological polar surface area (TPSA) is 76.4 Å². The lowest BCUT2D eigenvalue weighted by Gasteiger charge is -2.63. The molecule has 2 N–H and O–H groups in total. The molecule has 9 heteroatoms. The summed E-state index contributed by atoms with van der Waals surface area (Å²) in [6.07, 6.45) is 8.84. The third-order valence-electron chi connectivity index (χ3n) is 6.71. The zero-order chi connectivity index (χ0) is 18.9. The highest BCUT2D eigenvalue weighted by Crippen LogP contribution is 2.62. The quantitative estimate of drug-likeness (QED) is 0.249. The van der Waals surface area contributed by atoms with Crippen LogP contribution in [0, 0.1) is 18.3 Å². The average Bonchev–Trinajstić information content (AvgIpc) is 3.18. The van der Waals surface area contributed by atoms with E-state index >= 15 is 0 Å². The number of aryl methyl sites for hydroxylation is 1. The van der Waals surface area contributed by atoms with Crippen LogP contribution in [0.15, 0.2) is 4.99 Å². The molecule has 1 aliphatic heterocycles. The number of guanidine groups is 1. The van der Waals surface area contributed by atoms with Crippen molar-refractivity contribution in [1.29, 1.82) is 0 Å². The van der Waals surface area contributed by atoms with Crippen molar-refractivity contribution in [2.24, 2.45) is 23.4 Å². The molecule has 0 aromatic carbocycles. The Kier molecular flexibility index (Phi) is 7.52. The molecular formula is C19H33IN6OS. The summed E-state index contributed by atoms with van der Waals surface area (Å²) in [5.74, 6) is 4.53. The van der Waals surface area contributed by atoms with E-state index < -0.39 is 0 Å². The molecule has 1 aromatic heterocycles. The first-order valence-corrected chi connectivity index (χ1v) is 11.6. The minimum Gasteiger partial charge on any atom is -0.377 e. The molecule has 28 heavy (non-hydrogen) atoms. The Hall–Kier alpha value is -0.550. The van der Waals surface area contributed by atoms with Crippen LogP contribution in [0.3, 0.4) is 0 Å². The number of nitrogens with zero attached hydrogens (tertiary/aromatic N) is 4. The van der Waals surface area contributed by atoms with Crippen LogP contribution in [0.4, 0.5) is 0 Å². The largest absolute Gasteiger partial charge is 0.377 e. The van der Waals surface area contributed by atoms with Gasteiger partial charge in [0, 0.05) is 37.6 Å². The maximum absolute atomic E-state index is 6.06. The second-order valence-electron chi connectivity index (χ2n) is 8.11. The number of ether oxygens (including phenoxy) is 1. The predicted octanol–water partition coefficient (Wildman–Crippen LogP) is 2.49. The summed E-state index contributed by atoms with van der Waals surface area (Å²) in [5, 5.41) is 15.7. The van der Waals surface area contributed by atoms with Crippen LogP contribution in [-0.2, 0) is 18.3 Å². The van der Waals surface area contributed by atoms with E-state index in [9.17, 15) is 0 Å². The Balaban J connectivity index is 0.00000225. The van der Waals surface area contributed by atoms with Crippen molar-refractivity contribution in [2.75, 3.05) is 25.2 Å². The van der Waals surface area contributed by atoms with Gasteiger partial charge in [-0.05, 0) is 44.6 Å². The molecule has 1 spiro atoms. The van der Waals surface area contributed by atoms with E-state index in [-0.39, 0.29) is 24.0 Å². The van der Waals surface area contributed by atoms with Crippen molar-refractivity contribution >= 4 is 41.7 Å². The molecule has 0 bridgehead atoms. The molecule has 3 fully saturated rings. The molecule has 3 aliphatic rings. The number of hydrogen-bond acceptors (Lipinski definition) is 5. The van der Waals surface area contributed by atoms with E-state index in [0.29, 0.717) is 30.0 Å². The molecule has 1 aromatic rings. The number of thioether (sulfide) groups is 1. The standard InChI is InChI=1S/C19H32N6OS.HI/c1-13-23-24-15(25(13)2)12-21-18(20-9-5-11-27-3)22-16-14-6-10-26-17(14)19(16)7-4-8-19;/h14,16-17H,4-12H2,1-3H3,(H2,20,21,22);1H. The first-order chi connectivity index (χ1) is 13.2. The Labute approximate surface area is 189 Å². The molecule has 4 rings (SSSR count). The molecule has 0 radical (unpaired) electrons. The van der Waals surface area contributed by atoms with E-state index in [1.807, 2.05) is 30.3 Å². The molecule has 158 valence electrons. The summed E-state index contributed by atoms with van der Waals surface area (Å²) >= 11 is 1.88. The van der Waals surface area contributed by atoms with Gasteiger partial charge >= 0.3 is 0 Å². The molecule has 3 atom stereocenters. The van der Waals surface area contributed by atoms with Crippen LogP contribution in [0.25, 0.3) is 0 Å². The van der Waals surface area contributed by atoms with Gasteiger partial charge in [0.1, 0.15) is 12.4 Å². The highest BCUT2D eigenvalue weighted by atomic mass is 127. The Morgan fingerprint density at radius 3 is 2.86 bits per heavy atom. The van der Waals surface area contributed by atoms with Crippen LogP contribution >= 0.6 is 35.7 Å². The maximum atomic E-state index is 6.06. The van der Waals surface area contributed by atoms with Gasteiger partial charge in [-0.15, -0.1) is 34.2 Å². The van der Waals surface area contributed by atoms with E-state index in [1.165, 1.54) is 25.7 Å². The SMILES string of the molecule is CSCCCNC(=NCc1nnc(C)n1C)NC1C2CCOC2C12CCC2.I. The minimum atomic E-state index is 0. The molecule has 1 saturated heterocycles. The smallest absolute Gasteiger partial charge is 0.191 e. The van der Waals surface area contributed by atoms with Crippen molar-refractivity contribution in [1.82, 2.24) is 25.4 Å². The molecule has 7 nitrogen and oxygen atoms in total. The number of aliphatic imine (C=N–C) groups is 1. The van der Waals surface area contributed by atoms with Crippen molar-refractivity contribution in [3.05, 3.63) is 11.6 Å². The highest BCUT2D eigenvalue weighted by molar-refractivity contribution is 14.0. The van der Waals surface area contributed by atoms with Crippen molar-refractivity contribution in [3.63, 3.8) is 0 Å². The van der Waals surface area contributed by atoms with Gasteiger partial charge in [-0.3, -0.25) is 0 Å². The maximum Gasteiger partial charge on any atom is 0.191 e. The Morgan fingerprint density at radius 2 is 2.21 bits per heavy atom. The zero-order valence-electron chi connectivity index (χ0n) is 17.1. The molecule has 2 heterocycles. The average molecular weight is 520 g/mol. The van der Waals surface area contributed by atoms with Gasteiger partial charge in [-0.2, -0.15) is 11.8 Å². The fourth-order valence-corrected chi connectivity index (χ4v) is 5.35. The Bertz CT molecular complexity index is 692. The van der Waals surface area contributed by atoms with Crippen LogP contribution in [-0.4, -0.2) is 58.0 Å². The van der Waals surface area contributed by atoms with E-state index in [0.717, 1.165) is 42.9 Å². The molecule has 0 amide bonds. The lowest BCUT2D eigenvalue weighted by molar-refractivity contribution is -0.171. The first kappa shape index (κ1) is 22.1. The van der Waals surface area contributed by atoms with E-state index in [1.54, 1.807) is 0 Å². The second kappa shape index (κ2) is 9.51. The highest BCUT2D eigenvalue weighted by Gasteiger charge is 2.66. The molecule has 3 unspecified atom stereocenters. The van der Waals surface area contributed by atoms with Gasteiger partial charge in [0.2, 0.25) is 0 Å². The third-order valence-corrected chi connectivity index (χ3v) is 7.40. The summed E-state index contributed by atoms with van der Waals surface area (Å²) in [7, 11) is 1.99. The van der Waals surface area contributed by atoms with Crippen LogP contribution in [0.1, 0.15) is 43.8 Å². The van der Waals surface area contributed by atoms with Crippen molar-refractivity contribution in [2.45, 2.75) is 57.7 Å². The summed E-state index contributed by atoms with van der Waals surface area (Å²) in [5.41, 5.74) is 0.351. The lowest BCUT2D eigenvalue weighted by atomic mass is 9.46. The first-order valence-electron chi connectivity index (χ1n) is 10.2. The number of halogens is 1. The van der Waals surface area contributed by atoms with Gasteiger partial charge < -0.3 is 19.9 Å². The van der Waals surface area contributed by atoms with Crippen LogP contribution in [0.2, 0.25) is 0 Å². The van der Waals surface area contributed by atoms with Gasteiger partial charge in [0.05, 0.1) is 6.10 Å². The fraction of sp³-hybridized carbons (Fsp3) is 0.842. The summed E-state index contributed by atoms with van der Waals surface area (Å²) in [6.45, 7) is 4.37. The monoisotopic (exact) mass is 520 g/mol. The van der Waals surface area contributed by atoms with Crippen molar-refractivity contribution < 1.29 is 4.74 Å². The van der Waals surface area contributed by atoms with E-state index in [2.05, 4.69) is 27.1 Å². The normalized spacial score (nSPS) is 27.5. The molecular weight excluding hydrogens is 487 g/mol. The Morgan fingerprint density at radius 1 is 1.39 bits per heavy atom. The number of nitrogens with one attached hydrogen (secondary N) is 2. The van der Waals surface area contributed by atoms with Gasteiger partial charge in [-0.1, -0.05) is 6.42 Å². The van der Waals surface area contributed by atoms with Crippen molar-refractivity contribution in [3.8, 4) is 0 Å². The summed E-state index contributed by atoms with van der Waals surface area (Å²) in [4.78, 5) is 4.85. The summed E-state index contributed by atoms with van der Waals surface area (Å²) in [6, 6.07) is 0.492. The zero-order valence-corrected chi connectivity index (χ0v) is 20.3. The predicted molar refractivity (Wildman–Crippen MR) is 124 cm³/mol. The van der Waals surface area contributed by atoms with E-state index in [4.69, 9.17) is 9.73 Å². The number of hydrogen-bond donors (Lipinski definition) is 2. The minimum absolute atomic E-state index is 0. The fourth-order valence-electron chi connectivity index (χ4n) is 4.92. The number of aromatic nitrogens is 3. The van der Waals surface area contributed by atoms with Gasteiger partial charge in [-0.25, -0.2) is 4.99 Å². The lowest BCUT2D eigenvalue weighted by Crippen LogP contribution is -2.72. The number of fused-ring (bicyclic) bond motifs is 2.